The average molecular weight is 338 g/mol. The zero-order valence-corrected chi connectivity index (χ0v) is 14.3. The van der Waals surface area contributed by atoms with Gasteiger partial charge in [-0.1, -0.05) is 36.4 Å². The molecule has 0 unspecified atom stereocenters. The summed E-state index contributed by atoms with van der Waals surface area (Å²) >= 11 is 0. The Kier molecular flexibility index (Phi) is 4.42. The molecule has 2 aliphatic rings. The van der Waals surface area contributed by atoms with Crippen LogP contribution in [0.3, 0.4) is 0 Å². The predicted molar refractivity (Wildman–Crippen MR) is 95.0 cm³/mol. The van der Waals surface area contributed by atoms with E-state index in [-0.39, 0.29) is 17.9 Å². The molecule has 130 valence electrons. The molecule has 5 heteroatoms. The van der Waals surface area contributed by atoms with Gasteiger partial charge >= 0.3 is 0 Å². The number of fused-ring (bicyclic) bond motifs is 2. The Morgan fingerprint density at radius 1 is 1.12 bits per heavy atom. The SMILES string of the molecule is CN1CCO[C@@H](CNC(=O)C2c3ccccc3Oc3ccccc32)C1. The van der Waals surface area contributed by atoms with E-state index in [0.717, 1.165) is 35.7 Å². The van der Waals surface area contributed by atoms with Crippen molar-refractivity contribution in [1.82, 2.24) is 10.2 Å². The molecular weight excluding hydrogens is 316 g/mol. The quantitative estimate of drug-likeness (QED) is 0.933. The van der Waals surface area contributed by atoms with Crippen molar-refractivity contribution in [3.63, 3.8) is 0 Å². The zero-order chi connectivity index (χ0) is 17.2. The second kappa shape index (κ2) is 6.86. The van der Waals surface area contributed by atoms with Crippen molar-refractivity contribution < 1.29 is 14.3 Å². The third kappa shape index (κ3) is 3.25. The van der Waals surface area contributed by atoms with Crippen LogP contribution in [0.1, 0.15) is 17.0 Å². The van der Waals surface area contributed by atoms with Gasteiger partial charge in [-0.25, -0.2) is 0 Å². The summed E-state index contributed by atoms with van der Waals surface area (Å²) in [6.45, 7) is 3.00. The molecule has 0 bridgehead atoms. The van der Waals surface area contributed by atoms with Gasteiger partial charge in [0.1, 0.15) is 11.5 Å². The number of hydrogen-bond acceptors (Lipinski definition) is 4. The second-order valence-corrected chi connectivity index (χ2v) is 6.61. The number of nitrogens with zero attached hydrogens (tertiary/aromatic N) is 1. The highest BCUT2D eigenvalue weighted by Crippen LogP contribution is 2.43. The van der Waals surface area contributed by atoms with Crippen molar-refractivity contribution in [2.45, 2.75) is 12.0 Å². The Bertz CT molecular complexity index is 732. The number of ether oxygens (including phenoxy) is 2. The number of carbonyl (C=O) groups excluding carboxylic acids is 1. The zero-order valence-electron chi connectivity index (χ0n) is 14.3. The third-order valence-corrected chi connectivity index (χ3v) is 4.79. The molecule has 1 atom stereocenters. The van der Waals surface area contributed by atoms with E-state index in [0.29, 0.717) is 13.2 Å². The van der Waals surface area contributed by atoms with Gasteiger partial charge in [-0.2, -0.15) is 0 Å². The Morgan fingerprint density at radius 2 is 1.76 bits per heavy atom. The molecule has 0 radical (unpaired) electrons. The van der Waals surface area contributed by atoms with Crippen LogP contribution in [0.2, 0.25) is 0 Å². The number of hydrogen-bond donors (Lipinski definition) is 1. The molecule has 1 amide bonds. The van der Waals surface area contributed by atoms with Gasteiger partial charge in [0.2, 0.25) is 5.91 Å². The van der Waals surface area contributed by atoms with Crippen molar-refractivity contribution in [1.29, 1.82) is 0 Å². The van der Waals surface area contributed by atoms with Crippen molar-refractivity contribution in [3.8, 4) is 11.5 Å². The number of benzene rings is 2. The molecule has 4 rings (SSSR count). The summed E-state index contributed by atoms with van der Waals surface area (Å²) in [5, 5.41) is 3.08. The number of nitrogens with one attached hydrogen (secondary N) is 1. The standard InChI is InChI=1S/C20H22N2O3/c1-22-10-11-24-14(13-22)12-21-20(23)19-15-6-2-4-8-17(15)25-18-9-5-3-7-16(18)19/h2-9,14,19H,10-13H2,1H3,(H,21,23)/t14-/m0/s1. The van der Waals surface area contributed by atoms with Crippen LogP contribution in [-0.2, 0) is 9.53 Å². The van der Waals surface area contributed by atoms with Crippen LogP contribution in [0, 0.1) is 0 Å². The van der Waals surface area contributed by atoms with E-state index < -0.39 is 0 Å². The van der Waals surface area contributed by atoms with Crippen LogP contribution in [0.15, 0.2) is 48.5 Å². The molecule has 1 N–H and O–H groups in total. The summed E-state index contributed by atoms with van der Waals surface area (Å²) < 4.78 is 11.7. The first-order chi connectivity index (χ1) is 12.2. The van der Waals surface area contributed by atoms with Gasteiger partial charge in [0.05, 0.1) is 18.6 Å². The van der Waals surface area contributed by atoms with Crippen LogP contribution in [0.5, 0.6) is 11.5 Å². The lowest BCUT2D eigenvalue weighted by molar-refractivity contribution is -0.123. The molecule has 25 heavy (non-hydrogen) atoms. The number of para-hydroxylation sites is 2. The molecule has 0 aliphatic carbocycles. The first-order valence-corrected chi connectivity index (χ1v) is 8.66. The van der Waals surface area contributed by atoms with Crippen LogP contribution in [0.4, 0.5) is 0 Å². The maximum absolute atomic E-state index is 13.0. The lowest BCUT2D eigenvalue weighted by Crippen LogP contribution is -2.46. The van der Waals surface area contributed by atoms with E-state index >= 15 is 0 Å². The molecule has 2 heterocycles. The monoisotopic (exact) mass is 338 g/mol. The van der Waals surface area contributed by atoms with Gasteiger partial charge in [0.15, 0.2) is 0 Å². The Labute approximate surface area is 147 Å². The molecule has 1 fully saturated rings. The summed E-state index contributed by atoms with van der Waals surface area (Å²) in [4.78, 5) is 15.2. The minimum Gasteiger partial charge on any atom is -0.457 e. The van der Waals surface area contributed by atoms with Crippen molar-refractivity contribution in [2.75, 3.05) is 33.3 Å². The third-order valence-electron chi connectivity index (χ3n) is 4.79. The fraction of sp³-hybridized carbons (Fsp3) is 0.350. The number of carbonyl (C=O) groups is 1. The molecule has 0 spiro atoms. The molecule has 0 aromatic heterocycles. The first kappa shape index (κ1) is 16.1. The van der Waals surface area contributed by atoms with Crippen LogP contribution in [0.25, 0.3) is 0 Å². The van der Waals surface area contributed by atoms with Gasteiger partial charge in [0, 0.05) is 30.8 Å². The van der Waals surface area contributed by atoms with E-state index in [9.17, 15) is 4.79 Å². The van der Waals surface area contributed by atoms with Crippen molar-refractivity contribution in [3.05, 3.63) is 59.7 Å². The van der Waals surface area contributed by atoms with E-state index in [1.165, 1.54) is 0 Å². The summed E-state index contributed by atoms with van der Waals surface area (Å²) in [7, 11) is 2.07. The molecule has 1 saturated heterocycles. The minimum absolute atomic E-state index is 0.0139. The van der Waals surface area contributed by atoms with E-state index in [4.69, 9.17) is 9.47 Å². The topological polar surface area (TPSA) is 50.8 Å². The number of amides is 1. The van der Waals surface area contributed by atoms with E-state index in [2.05, 4.69) is 17.3 Å². The summed E-state index contributed by atoms with van der Waals surface area (Å²) in [6.07, 6.45) is 0.0352. The molecular formula is C20H22N2O3. The average Bonchev–Trinajstić information content (AvgIpc) is 2.64. The lowest BCUT2D eigenvalue weighted by atomic mass is 9.87. The summed E-state index contributed by atoms with van der Waals surface area (Å²) in [5.74, 6) is 1.12. The fourth-order valence-corrected chi connectivity index (χ4v) is 3.50. The maximum atomic E-state index is 13.0. The highest BCUT2D eigenvalue weighted by Gasteiger charge is 2.32. The molecule has 0 saturated carbocycles. The minimum atomic E-state index is -0.359. The number of likely N-dealkylation sites (N-methyl/N-ethyl adjacent to an activating group) is 1. The first-order valence-electron chi connectivity index (χ1n) is 8.66. The largest absolute Gasteiger partial charge is 0.457 e. The number of morpholine rings is 1. The Hall–Kier alpha value is -2.37. The smallest absolute Gasteiger partial charge is 0.232 e. The van der Waals surface area contributed by atoms with Crippen LogP contribution < -0.4 is 10.1 Å². The van der Waals surface area contributed by atoms with Gasteiger partial charge in [-0.15, -0.1) is 0 Å². The molecule has 5 nitrogen and oxygen atoms in total. The molecule has 2 aromatic carbocycles. The van der Waals surface area contributed by atoms with Gasteiger partial charge in [0.25, 0.3) is 0 Å². The van der Waals surface area contributed by atoms with Crippen LogP contribution >= 0.6 is 0 Å². The molecule has 2 aliphatic heterocycles. The lowest BCUT2D eigenvalue weighted by Gasteiger charge is -2.31. The predicted octanol–water partition coefficient (Wildman–Crippen LogP) is 2.37. The normalized spacial score (nSPS) is 20.3. The van der Waals surface area contributed by atoms with Crippen molar-refractivity contribution >= 4 is 5.91 Å². The number of rotatable bonds is 3. The van der Waals surface area contributed by atoms with Gasteiger partial charge < -0.3 is 19.7 Å². The maximum Gasteiger partial charge on any atom is 0.232 e. The second-order valence-electron chi connectivity index (χ2n) is 6.61. The summed E-state index contributed by atoms with van der Waals surface area (Å²) in [6, 6.07) is 15.5. The van der Waals surface area contributed by atoms with E-state index in [1.807, 2.05) is 48.5 Å². The fourth-order valence-electron chi connectivity index (χ4n) is 3.50. The molecule has 2 aromatic rings. The summed E-state index contributed by atoms with van der Waals surface area (Å²) in [5.41, 5.74) is 1.81. The van der Waals surface area contributed by atoms with Crippen LogP contribution in [-0.4, -0.2) is 50.2 Å². The Morgan fingerprint density at radius 3 is 2.40 bits per heavy atom. The van der Waals surface area contributed by atoms with Crippen molar-refractivity contribution in [2.24, 2.45) is 0 Å². The van der Waals surface area contributed by atoms with E-state index in [1.54, 1.807) is 0 Å². The Balaban J connectivity index is 1.55. The van der Waals surface area contributed by atoms with Gasteiger partial charge in [-0.05, 0) is 19.2 Å². The highest BCUT2D eigenvalue weighted by molar-refractivity contribution is 5.89. The van der Waals surface area contributed by atoms with Gasteiger partial charge in [-0.3, -0.25) is 4.79 Å². The highest BCUT2D eigenvalue weighted by atomic mass is 16.5.